The maximum atomic E-state index is 12.9. The van der Waals surface area contributed by atoms with Gasteiger partial charge in [0.05, 0.1) is 10.6 Å². The highest BCUT2D eigenvalue weighted by Gasteiger charge is 2.33. The van der Waals surface area contributed by atoms with Gasteiger partial charge in [0.2, 0.25) is 0 Å². The Balaban J connectivity index is 2.63. The molecule has 0 spiro atoms. The van der Waals surface area contributed by atoms with Gasteiger partial charge in [0.15, 0.2) is 6.29 Å². The lowest BCUT2D eigenvalue weighted by Gasteiger charge is -2.12. The van der Waals surface area contributed by atoms with Crippen molar-refractivity contribution < 1.29 is 18.0 Å². The number of pyridine rings is 1. The molecule has 0 radical (unpaired) electrons. The molecule has 6 heteroatoms. The van der Waals surface area contributed by atoms with Gasteiger partial charge < -0.3 is 0 Å². The lowest BCUT2D eigenvalue weighted by atomic mass is 10.00. The molecule has 1 aromatic carbocycles. The molecule has 1 aromatic heterocycles. The fourth-order valence-corrected chi connectivity index (χ4v) is 1.84. The van der Waals surface area contributed by atoms with Crippen molar-refractivity contribution in [2.75, 3.05) is 0 Å². The average Bonchev–Trinajstić information content (AvgIpc) is 2.38. The average molecular weight is 286 g/mol. The SMILES string of the molecule is O=Cc1cc(-c2cnccc2C(F)(F)F)ccc1Cl. The normalized spacial score (nSPS) is 11.4. The van der Waals surface area contributed by atoms with Crippen LogP contribution >= 0.6 is 11.6 Å². The molecule has 2 aromatic rings. The van der Waals surface area contributed by atoms with Crippen LogP contribution < -0.4 is 0 Å². The van der Waals surface area contributed by atoms with E-state index in [1.165, 1.54) is 18.2 Å². The number of halogens is 4. The fourth-order valence-electron chi connectivity index (χ4n) is 1.67. The Kier molecular flexibility index (Phi) is 3.57. The molecule has 0 aliphatic rings. The van der Waals surface area contributed by atoms with E-state index < -0.39 is 11.7 Å². The van der Waals surface area contributed by atoms with Crippen molar-refractivity contribution in [1.82, 2.24) is 4.98 Å². The number of carbonyl (C=O) groups excluding carboxylic acids is 1. The van der Waals surface area contributed by atoms with E-state index in [9.17, 15) is 18.0 Å². The van der Waals surface area contributed by atoms with E-state index >= 15 is 0 Å². The molecule has 0 aliphatic heterocycles. The Bertz CT molecular complexity index is 626. The highest BCUT2D eigenvalue weighted by Crippen LogP contribution is 2.37. The summed E-state index contributed by atoms with van der Waals surface area (Å²) in [6, 6.07) is 5.00. The van der Waals surface area contributed by atoms with E-state index in [-0.39, 0.29) is 21.7 Å². The van der Waals surface area contributed by atoms with Gasteiger partial charge in [-0.25, -0.2) is 0 Å². The molecule has 0 amide bonds. The number of alkyl halides is 3. The van der Waals surface area contributed by atoms with E-state index in [0.29, 0.717) is 6.29 Å². The molecule has 0 saturated heterocycles. The van der Waals surface area contributed by atoms with Crippen LogP contribution in [0.25, 0.3) is 11.1 Å². The van der Waals surface area contributed by atoms with Gasteiger partial charge in [-0.1, -0.05) is 17.7 Å². The van der Waals surface area contributed by atoms with Crippen LogP contribution in [0, 0.1) is 0 Å². The zero-order valence-electron chi connectivity index (χ0n) is 9.41. The lowest BCUT2D eigenvalue weighted by molar-refractivity contribution is -0.137. The second-order valence-corrected chi connectivity index (χ2v) is 4.18. The third-order valence-electron chi connectivity index (χ3n) is 2.56. The van der Waals surface area contributed by atoms with Crippen LogP contribution in [0.1, 0.15) is 15.9 Å². The van der Waals surface area contributed by atoms with Gasteiger partial charge in [-0.15, -0.1) is 0 Å². The quantitative estimate of drug-likeness (QED) is 0.773. The Morgan fingerprint density at radius 2 is 1.95 bits per heavy atom. The first kappa shape index (κ1) is 13.5. The van der Waals surface area contributed by atoms with Crippen LogP contribution in [0.4, 0.5) is 13.2 Å². The van der Waals surface area contributed by atoms with Crippen molar-refractivity contribution in [3.8, 4) is 11.1 Å². The number of hydrogen-bond acceptors (Lipinski definition) is 2. The maximum Gasteiger partial charge on any atom is 0.417 e. The minimum atomic E-state index is -4.49. The Morgan fingerprint density at radius 1 is 1.21 bits per heavy atom. The number of aromatic nitrogens is 1. The Hall–Kier alpha value is -1.88. The van der Waals surface area contributed by atoms with E-state index in [1.54, 1.807) is 0 Å². The highest BCUT2D eigenvalue weighted by atomic mass is 35.5. The van der Waals surface area contributed by atoms with Gasteiger partial charge in [0.1, 0.15) is 0 Å². The molecular weight excluding hydrogens is 279 g/mol. The molecule has 19 heavy (non-hydrogen) atoms. The summed E-state index contributed by atoms with van der Waals surface area (Å²) in [7, 11) is 0. The largest absolute Gasteiger partial charge is 0.417 e. The molecule has 0 unspecified atom stereocenters. The number of carbonyl (C=O) groups is 1. The van der Waals surface area contributed by atoms with E-state index in [0.717, 1.165) is 18.5 Å². The van der Waals surface area contributed by atoms with Crippen LogP contribution in [0.15, 0.2) is 36.7 Å². The maximum absolute atomic E-state index is 12.9. The van der Waals surface area contributed by atoms with E-state index in [1.807, 2.05) is 0 Å². The van der Waals surface area contributed by atoms with Crippen molar-refractivity contribution in [1.29, 1.82) is 0 Å². The summed E-state index contributed by atoms with van der Waals surface area (Å²) in [5.74, 6) is 0. The third kappa shape index (κ3) is 2.76. The minimum Gasteiger partial charge on any atom is -0.298 e. The predicted molar refractivity (Wildman–Crippen MR) is 65.1 cm³/mol. The third-order valence-corrected chi connectivity index (χ3v) is 2.90. The zero-order chi connectivity index (χ0) is 14.0. The topological polar surface area (TPSA) is 30.0 Å². The van der Waals surface area contributed by atoms with Crippen LogP contribution in [-0.2, 0) is 6.18 Å². The number of rotatable bonds is 2. The van der Waals surface area contributed by atoms with Crippen molar-refractivity contribution in [2.45, 2.75) is 6.18 Å². The number of hydrogen-bond donors (Lipinski definition) is 0. The zero-order valence-corrected chi connectivity index (χ0v) is 10.2. The molecule has 0 aliphatic carbocycles. The number of aldehydes is 1. The predicted octanol–water partition coefficient (Wildman–Crippen LogP) is 4.23. The first-order valence-corrected chi connectivity index (χ1v) is 5.57. The Morgan fingerprint density at radius 3 is 2.58 bits per heavy atom. The molecule has 2 rings (SSSR count). The van der Waals surface area contributed by atoms with Crippen LogP contribution in [0.5, 0.6) is 0 Å². The van der Waals surface area contributed by atoms with E-state index in [2.05, 4.69) is 4.98 Å². The smallest absolute Gasteiger partial charge is 0.298 e. The van der Waals surface area contributed by atoms with Crippen molar-refractivity contribution >= 4 is 17.9 Å². The van der Waals surface area contributed by atoms with Gasteiger partial charge in [-0.05, 0) is 23.8 Å². The van der Waals surface area contributed by atoms with Crippen molar-refractivity contribution in [2.24, 2.45) is 0 Å². The van der Waals surface area contributed by atoms with Crippen LogP contribution in [-0.4, -0.2) is 11.3 Å². The standard InChI is InChI=1S/C13H7ClF3NO/c14-12-2-1-8(5-9(12)7-19)10-6-18-4-3-11(10)13(15,16)17/h1-7H. The molecule has 0 N–H and O–H groups in total. The molecular formula is C13H7ClF3NO. The summed E-state index contributed by atoms with van der Waals surface area (Å²) in [5, 5.41) is 0.191. The first-order chi connectivity index (χ1) is 8.93. The molecule has 98 valence electrons. The van der Waals surface area contributed by atoms with E-state index in [4.69, 9.17) is 11.6 Å². The minimum absolute atomic E-state index is 0.0882. The number of benzene rings is 1. The Labute approximate surface area is 111 Å². The molecule has 0 bridgehead atoms. The molecule has 1 heterocycles. The van der Waals surface area contributed by atoms with Gasteiger partial charge in [0.25, 0.3) is 0 Å². The molecule has 0 fully saturated rings. The first-order valence-electron chi connectivity index (χ1n) is 5.20. The van der Waals surface area contributed by atoms with Gasteiger partial charge in [0, 0.05) is 23.5 Å². The summed E-state index contributed by atoms with van der Waals surface area (Å²) in [6.07, 6.45) is -1.81. The lowest BCUT2D eigenvalue weighted by Crippen LogP contribution is -2.07. The molecule has 0 saturated carbocycles. The summed E-state index contributed by atoms with van der Waals surface area (Å²) in [5.41, 5.74) is -0.514. The van der Waals surface area contributed by atoms with Crippen molar-refractivity contribution in [3.05, 3.63) is 52.8 Å². The molecule has 2 nitrogen and oxygen atoms in total. The second-order valence-electron chi connectivity index (χ2n) is 3.77. The number of nitrogens with zero attached hydrogens (tertiary/aromatic N) is 1. The second kappa shape index (κ2) is 5.01. The summed E-state index contributed by atoms with van der Waals surface area (Å²) in [4.78, 5) is 14.5. The van der Waals surface area contributed by atoms with Crippen molar-refractivity contribution in [3.63, 3.8) is 0 Å². The summed E-state index contributed by atoms with van der Waals surface area (Å²) in [6.45, 7) is 0. The van der Waals surface area contributed by atoms with Gasteiger partial charge in [-0.3, -0.25) is 9.78 Å². The van der Waals surface area contributed by atoms with Gasteiger partial charge >= 0.3 is 6.18 Å². The summed E-state index contributed by atoms with van der Waals surface area (Å²) >= 11 is 5.74. The monoisotopic (exact) mass is 285 g/mol. The summed E-state index contributed by atoms with van der Waals surface area (Å²) < 4.78 is 38.6. The van der Waals surface area contributed by atoms with Crippen LogP contribution in [0.3, 0.4) is 0 Å². The van der Waals surface area contributed by atoms with Crippen LogP contribution in [0.2, 0.25) is 5.02 Å². The fraction of sp³-hybridized carbons (Fsp3) is 0.0769. The highest BCUT2D eigenvalue weighted by molar-refractivity contribution is 6.33. The van der Waals surface area contributed by atoms with Gasteiger partial charge in [-0.2, -0.15) is 13.2 Å². The molecule has 0 atom stereocenters.